The molecule has 0 aliphatic heterocycles. The van der Waals surface area contributed by atoms with Crippen LogP contribution in [0.1, 0.15) is 63.8 Å². The van der Waals surface area contributed by atoms with Gasteiger partial charge in [0.1, 0.15) is 11.5 Å². The molecular formula is C34H36N2O2. The van der Waals surface area contributed by atoms with Crippen LogP contribution in [-0.2, 0) is 10.8 Å². The lowest BCUT2D eigenvalue weighted by molar-refractivity contribution is 0.444. The molecule has 0 saturated heterocycles. The van der Waals surface area contributed by atoms with E-state index >= 15 is 0 Å². The van der Waals surface area contributed by atoms with Crippen LogP contribution in [0.2, 0.25) is 0 Å². The summed E-state index contributed by atoms with van der Waals surface area (Å²) in [5.74, 6) is 0.408. The van der Waals surface area contributed by atoms with Crippen molar-refractivity contribution in [2.24, 2.45) is 9.98 Å². The van der Waals surface area contributed by atoms with Crippen LogP contribution >= 0.6 is 0 Å². The number of rotatable bonds is 5. The molecule has 0 spiro atoms. The summed E-state index contributed by atoms with van der Waals surface area (Å²) in [4.78, 5) is 9.38. The van der Waals surface area contributed by atoms with Gasteiger partial charge >= 0.3 is 0 Å². The maximum absolute atomic E-state index is 11.1. The summed E-state index contributed by atoms with van der Waals surface area (Å²) in [5.41, 5.74) is 6.44. The van der Waals surface area contributed by atoms with E-state index < -0.39 is 0 Å². The van der Waals surface area contributed by atoms with E-state index in [0.29, 0.717) is 22.5 Å². The van der Waals surface area contributed by atoms with E-state index in [-0.39, 0.29) is 22.3 Å². The van der Waals surface area contributed by atoms with Crippen molar-refractivity contribution in [2.45, 2.75) is 52.4 Å². The van der Waals surface area contributed by atoms with Crippen molar-refractivity contribution < 1.29 is 10.2 Å². The monoisotopic (exact) mass is 504 g/mol. The SMILES string of the molecule is CC(C)(C)c1cc(C=Nc2ccccc2N=Cc2cc(-c3ccccc3)ccc2O)c(O)c(C(C)(C)C)c1. The first-order chi connectivity index (χ1) is 17.9. The maximum Gasteiger partial charge on any atom is 0.128 e. The Hall–Kier alpha value is -4.18. The number of hydrogen-bond donors (Lipinski definition) is 2. The van der Waals surface area contributed by atoms with E-state index in [0.717, 1.165) is 22.3 Å². The second-order valence-electron chi connectivity index (χ2n) is 11.6. The number of hydrogen-bond acceptors (Lipinski definition) is 4. The first-order valence-corrected chi connectivity index (χ1v) is 12.9. The Kier molecular flexibility index (Phi) is 7.54. The lowest BCUT2D eigenvalue weighted by Crippen LogP contribution is -2.17. The molecule has 0 radical (unpaired) electrons. The van der Waals surface area contributed by atoms with Gasteiger partial charge in [0.15, 0.2) is 0 Å². The zero-order valence-electron chi connectivity index (χ0n) is 23.0. The number of phenolic OH excluding ortho intramolecular Hbond substituents is 2. The average molecular weight is 505 g/mol. The van der Waals surface area contributed by atoms with Gasteiger partial charge in [-0.2, -0.15) is 0 Å². The van der Waals surface area contributed by atoms with Crippen LogP contribution in [0.5, 0.6) is 11.5 Å². The van der Waals surface area contributed by atoms with Crippen molar-refractivity contribution in [1.29, 1.82) is 0 Å². The third-order valence-electron chi connectivity index (χ3n) is 6.52. The first-order valence-electron chi connectivity index (χ1n) is 12.9. The topological polar surface area (TPSA) is 65.2 Å². The number of benzene rings is 4. The fraction of sp³-hybridized carbons (Fsp3) is 0.235. The molecule has 194 valence electrons. The highest BCUT2D eigenvalue weighted by Crippen LogP contribution is 2.38. The van der Waals surface area contributed by atoms with Gasteiger partial charge in [-0.3, -0.25) is 9.98 Å². The van der Waals surface area contributed by atoms with Crippen molar-refractivity contribution in [3.63, 3.8) is 0 Å². The molecule has 0 aliphatic carbocycles. The number of aromatic hydroxyl groups is 2. The van der Waals surface area contributed by atoms with Crippen molar-refractivity contribution >= 4 is 23.8 Å². The lowest BCUT2D eigenvalue weighted by atomic mass is 9.79. The third kappa shape index (κ3) is 6.20. The average Bonchev–Trinajstić information content (AvgIpc) is 2.87. The summed E-state index contributed by atoms with van der Waals surface area (Å²) < 4.78 is 0. The molecule has 0 fully saturated rings. The van der Waals surface area contributed by atoms with Gasteiger partial charge < -0.3 is 10.2 Å². The van der Waals surface area contributed by atoms with Crippen LogP contribution in [0.4, 0.5) is 11.4 Å². The number of phenols is 2. The maximum atomic E-state index is 11.1. The number of nitrogens with zero attached hydrogens (tertiary/aromatic N) is 2. The summed E-state index contributed by atoms with van der Waals surface area (Å²) in [7, 11) is 0. The number of aliphatic imine (C=N–C) groups is 2. The van der Waals surface area contributed by atoms with E-state index in [1.807, 2.05) is 72.8 Å². The lowest BCUT2D eigenvalue weighted by Gasteiger charge is -2.27. The predicted molar refractivity (Wildman–Crippen MR) is 160 cm³/mol. The molecule has 0 aromatic heterocycles. The highest BCUT2D eigenvalue weighted by molar-refractivity contribution is 5.91. The number of para-hydroxylation sites is 2. The standard InChI is InChI=1S/C34H36N2O2/c1-33(2,3)27-19-26(32(38)28(20-27)34(4,5)6)22-36-30-15-11-10-14-29(30)35-21-25-18-24(16-17-31(25)37)23-12-8-7-9-13-23/h7-22,37-38H,1-6H3. The van der Waals surface area contributed by atoms with E-state index in [9.17, 15) is 10.2 Å². The van der Waals surface area contributed by atoms with Gasteiger partial charge in [-0.25, -0.2) is 0 Å². The molecule has 0 saturated carbocycles. The first kappa shape index (κ1) is 26.9. The van der Waals surface area contributed by atoms with Crippen molar-refractivity contribution in [1.82, 2.24) is 0 Å². The Balaban J connectivity index is 1.70. The van der Waals surface area contributed by atoms with Crippen LogP contribution in [-0.4, -0.2) is 22.6 Å². The van der Waals surface area contributed by atoms with Crippen LogP contribution in [0.15, 0.2) is 94.9 Å². The zero-order valence-corrected chi connectivity index (χ0v) is 23.0. The van der Waals surface area contributed by atoms with Gasteiger partial charge in [0, 0.05) is 29.1 Å². The van der Waals surface area contributed by atoms with Gasteiger partial charge in [-0.1, -0.05) is 96.1 Å². The summed E-state index contributed by atoms with van der Waals surface area (Å²) in [6, 6.07) is 27.2. The molecule has 2 N–H and O–H groups in total. The minimum absolute atomic E-state index is 0.0746. The molecule has 38 heavy (non-hydrogen) atoms. The van der Waals surface area contributed by atoms with Crippen molar-refractivity contribution in [2.75, 3.05) is 0 Å². The minimum atomic E-state index is -0.216. The molecule has 0 unspecified atom stereocenters. The smallest absolute Gasteiger partial charge is 0.128 e. The van der Waals surface area contributed by atoms with E-state index in [1.165, 1.54) is 0 Å². The Morgan fingerprint density at radius 3 is 1.74 bits per heavy atom. The van der Waals surface area contributed by atoms with Gasteiger partial charge in [-0.05, 0) is 57.9 Å². The van der Waals surface area contributed by atoms with E-state index in [4.69, 9.17) is 4.99 Å². The molecule has 0 amide bonds. The Bertz CT molecular complexity index is 1490. The molecule has 0 bridgehead atoms. The Labute approximate surface area is 226 Å². The molecule has 4 nitrogen and oxygen atoms in total. The summed E-state index contributed by atoms with van der Waals surface area (Å²) in [6.45, 7) is 12.8. The highest BCUT2D eigenvalue weighted by atomic mass is 16.3. The molecule has 4 rings (SSSR count). The summed E-state index contributed by atoms with van der Waals surface area (Å²) >= 11 is 0. The van der Waals surface area contributed by atoms with Crippen molar-refractivity contribution in [3.05, 3.63) is 107 Å². The zero-order chi connectivity index (χ0) is 27.5. The van der Waals surface area contributed by atoms with E-state index in [1.54, 1.807) is 18.5 Å². The molecule has 0 heterocycles. The fourth-order valence-corrected chi connectivity index (χ4v) is 4.19. The van der Waals surface area contributed by atoms with E-state index in [2.05, 4.69) is 52.6 Å². The molecular weight excluding hydrogens is 468 g/mol. The van der Waals surface area contributed by atoms with Gasteiger partial charge in [0.25, 0.3) is 0 Å². The Morgan fingerprint density at radius 2 is 1.16 bits per heavy atom. The molecule has 4 heteroatoms. The van der Waals surface area contributed by atoms with Crippen LogP contribution < -0.4 is 0 Å². The molecule has 0 atom stereocenters. The van der Waals surface area contributed by atoms with Gasteiger partial charge in [-0.15, -0.1) is 0 Å². The minimum Gasteiger partial charge on any atom is -0.507 e. The Morgan fingerprint density at radius 1 is 0.579 bits per heavy atom. The quantitative estimate of drug-likeness (QED) is 0.267. The molecule has 0 aliphatic rings. The third-order valence-corrected chi connectivity index (χ3v) is 6.52. The van der Waals surface area contributed by atoms with Crippen LogP contribution in [0, 0.1) is 0 Å². The fourth-order valence-electron chi connectivity index (χ4n) is 4.19. The van der Waals surface area contributed by atoms with Crippen LogP contribution in [0.25, 0.3) is 11.1 Å². The van der Waals surface area contributed by atoms with Crippen LogP contribution in [0.3, 0.4) is 0 Å². The second kappa shape index (κ2) is 10.7. The summed E-state index contributed by atoms with van der Waals surface area (Å²) in [5, 5.41) is 21.6. The molecule has 4 aromatic carbocycles. The second-order valence-corrected chi connectivity index (χ2v) is 11.6. The van der Waals surface area contributed by atoms with Gasteiger partial charge in [0.05, 0.1) is 11.4 Å². The predicted octanol–water partition coefficient (Wildman–Crippen LogP) is 8.86. The highest BCUT2D eigenvalue weighted by Gasteiger charge is 2.24. The normalized spacial score (nSPS) is 12.5. The molecule has 4 aromatic rings. The summed E-state index contributed by atoms with van der Waals surface area (Å²) in [6.07, 6.45) is 3.37. The van der Waals surface area contributed by atoms with Gasteiger partial charge in [0.2, 0.25) is 0 Å². The van der Waals surface area contributed by atoms with Crippen molar-refractivity contribution in [3.8, 4) is 22.6 Å². The largest absolute Gasteiger partial charge is 0.507 e.